The number of fused-ring (bicyclic) bond motifs is 1. The molecule has 0 aliphatic carbocycles. The number of oxazole rings is 1. The largest absolute Gasteiger partial charge is 0.438 e. The van der Waals surface area contributed by atoms with E-state index in [1.165, 1.54) is 0 Å². The van der Waals surface area contributed by atoms with Gasteiger partial charge in [-0.3, -0.25) is 9.78 Å². The molecule has 0 saturated heterocycles. The van der Waals surface area contributed by atoms with Crippen LogP contribution in [0.5, 0.6) is 0 Å². The lowest BCUT2D eigenvalue weighted by Gasteiger charge is -2.09. The van der Waals surface area contributed by atoms with Crippen LogP contribution in [-0.2, 0) is 0 Å². The van der Waals surface area contributed by atoms with E-state index in [4.69, 9.17) is 4.42 Å². The number of nitrogens with zero attached hydrogens (tertiary/aromatic N) is 2. The number of pyridine rings is 1. The summed E-state index contributed by atoms with van der Waals surface area (Å²) in [5.74, 6) is 0.232. The highest BCUT2D eigenvalue weighted by molar-refractivity contribution is 5.92. The minimum absolute atomic E-state index is 0.250. The average Bonchev–Trinajstić information content (AvgIpc) is 2.92. The predicted molar refractivity (Wildman–Crippen MR) is 74.1 cm³/mol. The van der Waals surface area contributed by atoms with E-state index < -0.39 is 0 Å². The molecular formula is C15H13N3O2. The summed E-state index contributed by atoms with van der Waals surface area (Å²) in [7, 11) is 0. The van der Waals surface area contributed by atoms with Crippen molar-refractivity contribution in [3.63, 3.8) is 0 Å². The molecule has 1 N–H and O–H groups in total. The fraction of sp³-hybridized carbons (Fsp3) is 0.133. The highest BCUT2D eigenvalue weighted by atomic mass is 16.3. The first-order valence-corrected chi connectivity index (χ1v) is 6.31. The summed E-state index contributed by atoms with van der Waals surface area (Å²) in [6.45, 7) is 1.82. The minimum Gasteiger partial charge on any atom is -0.438 e. The third-order valence-corrected chi connectivity index (χ3v) is 2.93. The van der Waals surface area contributed by atoms with Gasteiger partial charge in [-0.2, -0.15) is 0 Å². The second kappa shape index (κ2) is 5.13. The Kier molecular flexibility index (Phi) is 3.16. The smallest absolute Gasteiger partial charge is 0.270 e. The molecule has 5 heteroatoms. The van der Waals surface area contributed by atoms with Crippen molar-refractivity contribution < 1.29 is 9.21 Å². The zero-order chi connectivity index (χ0) is 13.9. The Labute approximate surface area is 115 Å². The molecule has 100 valence electrons. The van der Waals surface area contributed by atoms with Gasteiger partial charge in [0.25, 0.3) is 5.91 Å². The van der Waals surface area contributed by atoms with Crippen LogP contribution in [0.3, 0.4) is 0 Å². The van der Waals surface area contributed by atoms with E-state index in [-0.39, 0.29) is 11.9 Å². The Morgan fingerprint density at radius 3 is 2.75 bits per heavy atom. The number of hydrogen-bond acceptors (Lipinski definition) is 4. The van der Waals surface area contributed by atoms with Crippen molar-refractivity contribution in [1.29, 1.82) is 0 Å². The molecule has 1 amide bonds. The summed E-state index contributed by atoms with van der Waals surface area (Å²) in [6.07, 6.45) is 1.58. The van der Waals surface area contributed by atoms with Gasteiger partial charge in [-0.15, -0.1) is 0 Å². The van der Waals surface area contributed by atoms with E-state index >= 15 is 0 Å². The number of carbonyl (C=O) groups excluding carboxylic acids is 1. The molecule has 1 atom stereocenters. The number of amides is 1. The van der Waals surface area contributed by atoms with E-state index in [9.17, 15) is 4.79 Å². The molecule has 0 fully saturated rings. The first-order valence-electron chi connectivity index (χ1n) is 6.31. The molecule has 0 spiro atoms. The number of benzene rings is 1. The standard InChI is InChI=1S/C15H13N3O2/c1-10(17-14(19)12-7-4-5-9-16-12)15-18-11-6-2-3-8-13(11)20-15/h2-10H,1H3,(H,17,19). The molecule has 1 unspecified atom stereocenters. The van der Waals surface area contributed by atoms with Crippen LogP contribution in [-0.4, -0.2) is 15.9 Å². The Balaban J connectivity index is 1.79. The lowest BCUT2D eigenvalue weighted by molar-refractivity contribution is 0.0929. The second-order valence-electron chi connectivity index (χ2n) is 4.43. The lowest BCUT2D eigenvalue weighted by atomic mass is 10.3. The van der Waals surface area contributed by atoms with Gasteiger partial charge in [-0.05, 0) is 31.2 Å². The van der Waals surface area contributed by atoms with Crippen LogP contribution in [0, 0.1) is 0 Å². The number of rotatable bonds is 3. The lowest BCUT2D eigenvalue weighted by Crippen LogP contribution is -2.27. The Morgan fingerprint density at radius 2 is 2.00 bits per heavy atom. The molecule has 3 rings (SSSR count). The third kappa shape index (κ3) is 2.38. The van der Waals surface area contributed by atoms with E-state index in [1.54, 1.807) is 24.4 Å². The third-order valence-electron chi connectivity index (χ3n) is 2.93. The summed E-state index contributed by atoms with van der Waals surface area (Å²) in [4.78, 5) is 20.4. The summed E-state index contributed by atoms with van der Waals surface area (Å²) < 4.78 is 5.62. The minimum atomic E-state index is -0.322. The molecule has 1 aromatic carbocycles. The van der Waals surface area contributed by atoms with Crippen LogP contribution in [0.25, 0.3) is 11.1 Å². The second-order valence-corrected chi connectivity index (χ2v) is 4.43. The van der Waals surface area contributed by atoms with Gasteiger partial charge in [0.2, 0.25) is 5.89 Å². The molecule has 2 aromatic heterocycles. The molecule has 20 heavy (non-hydrogen) atoms. The van der Waals surface area contributed by atoms with Crippen LogP contribution < -0.4 is 5.32 Å². The van der Waals surface area contributed by atoms with Gasteiger partial charge >= 0.3 is 0 Å². The number of para-hydroxylation sites is 2. The number of aromatic nitrogens is 2. The molecule has 0 saturated carbocycles. The first kappa shape index (κ1) is 12.3. The van der Waals surface area contributed by atoms with Gasteiger partial charge in [0.05, 0.1) is 0 Å². The van der Waals surface area contributed by atoms with Gasteiger partial charge in [0, 0.05) is 6.20 Å². The fourth-order valence-electron chi connectivity index (χ4n) is 1.90. The normalized spacial score (nSPS) is 12.2. The van der Waals surface area contributed by atoms with Crippen molar-refractivity contribution in [2.45, 2.75) is 13.0 Å². The van der Waals surface area contributed by atoms with E-state index in [2.05, 4.69) is 15.3 Å². The number of carbonyl (C=O) groups is 1. The van der Waals surface area contributed by atoms with E-state index in [1.807, 2.05) is 31.2 Å². The molecule has 0 radical (unpaired) electrons. The van der Waals surface area contributed by atoms with E-state index in [0.717, 1.165) is 5.52 Å². The maximum absolute atomic E-state index is 12.0. The van der Waals surface area contributed by atoms with Gasteiger partial charge in [-0.25, -0.2) is 4.98 Å². The van der Waals surface area contributed by atoms with Crippen molar-refractivity contribution in [1.82, 2.24) is 15.3 Å². The number of hydrogen-bond donors (Lipinski definition) is 1. The Morgan fingerprint density at radius 1 is 1.20 bits per heavy atom. The van der Waals surface area contributed by atoms with Crippen LogP contribution in [0.1, 0.15) is 29.3 Å². The maximum atomic E-state index is 12.0. The zero-order valence-corrected chi connectivity index (χ0v) is 10.9. The summed E-state index contributed by atoms with van der Waals surface area (Å²) >= 11 is 0. The van der Waals surface area contributed by atoms with Crippen molar-refractivity contribution in [3.05, 3.63) is 60.2 Å². The summed E-state index contributed by atoms with van der Waals surface area (Å²) in [5.41, 5.74) is 1.86. The van der Waals surface area contributed by atoms with Crippen molar-refractivity contribution in [2.24, 2.45) is 0 Å². The highest BCUT2D eigenvalue weighted by Crippen LogP contribution is 2.19. The molecule has 5 nitrogen and oxygen atoms in total. The first-order chi connectivity index (χ1) is 9.74. The molecule has 0 aliphatic rings. The van der Waals surface area contributed by atoms with Crippen molar-refractivity contribution >= 4 is 17.0 Å². The van der Waals surface area contributed by atoms with Gasteiger partial charge in [0.1, 0.15) is 17.3 Å². The highest BCUT2D eigenvalue weighted by Gasteiger charge is 2.17. The van der Waals surface area contributed by atoms with Crippen LogP contribution >= 0.6 is 0 Å². The molecule has 2 heterocycles. The van der Waals surface area contributed by atoms with Gasteiger partial charge < -0.3 is 9.73 Å². The summed E-state index contributed by atoms with van der Waals surface area (Å²) in [5, 5.41) is 2.82. The van der Waals surface area contributed by atoms with Crippen molar-refractivity contribution in [2.75, 3.05) is 0 Å². The SMILES string of the molecule is CC(NC(=O)c1ccccn1)c1nc2ccccc2o1. The van der Waals surface area contributed by atoms with Gasteiger partial charge in [0.15, 0.2) is 5.58 Å². The fourth-order valence-corrected chi connectivity index (χ4v) is 1.90. The topological polar surface area (TPSA) is 68.0 Å². The Hall–Kier alpha value is -2.69. The van der Waals surface area contributed by atoms with Crippen LogP contribution in [0.2, 0.25) is 0 Å². The maximum Gasteiger partial charge on any atom is 0.270 e. The van der Waals surface area contributed by atoms with Crippen molar-refractivity contribution in [3.8, 4) is 0 Å². The molecule has 3 aromatic rings. The summed E-state index contributed by atoms with van der Waals surface area (Å²) in [6, 6.07) is 12.4. The van der Waals surface area contributed by atoms with Gasteiger partial charge in [-0.1, -0.05) is 18.2 Å². The predicted octanol–water partition coefficient (Wildman–Crippen LogP) is 2.71. The van der Waals surface area contributed by atoms with Crippen LogP contribution in [0.4, 0.5) is 0 Å². The molecule has 0 bridgehead atoms. The monoisotopic (exact) mass is 267 g/mol. The Bertz CT molecular complexity index is 704. The quantitative estimate of drug-likeness (QED) is 0.792. The zero-order valence-electron chi connectivity index (χ0n) is 10.9. The number of nitrogens with one attached hydrogen (secondary N) is 1. The van der Waals surface area contributed by atoms with E-state index in [0.29, 0.717) is 17.2 Å². The molecular weight excluding hydrogens is 254 g/mol. The van der Waals surface area contributed by atoms with Crippen LogP contribution in [0.15, 0.2) is 53.1 Å². The average molecular weight is 267 g/mol. The molecule has 0 aliphatic heterocycles.